The van der Waals surface area contributed by atoms with E-state index in [9.17, 15) is 14.9 Å². The molecule has 2 N–H and O–H groups in total. The summed E-state index contributed by atoms with van der Waals surface area (Å²) in [6.07, 6.45) is 1.03. The van der Waals surface area contributed by atoms with E-state index in [1.54, 1.807) is 48.5 Å². The fourth-order valence-corrected chi connectivity index (χ4v) is 3.81. The van der Waals surface area contributed by atoms with Crippen molar-refractivity contribution < 1.29 is 23.8 Å². The van der Waals surface area contributed by atoms with Gasteiger partial charge in [-0.2, -0.15) is 10.4 Å². The summed E-state index contributed by atoms with van der Waals surface area (Å²) in [5, 5.41) is 15.9. The van der Waals surface area contributed by atoms with Gasteiger partial charge in [0.25, 0.3) is 0 Å². The van der Waals surface area contributed by atoms with Gasteiger partial charge < -0.3 is 19.5 Å². The maximum atomic E-state index is 12.1. The fraction of sp³-hybridized carbons (Fsp3) is 0.185. The number of nitrogens with zero attached hydrogens (tertiary/aromatic N) is 2. The van der Waals surface area contributed by atoms with Crippen LogP contribution in [0.2, 0.25) is 0 Å². The normalized spacial score (nSPS) is 10.4. The van der Waals surface area contributed by atoms with Gasteiger partial charge in [0, 0.05) is 17.3 Å². The summed E-state index contributed by atoms with van der Waals surface area (Å²) in [6.45, 7) is 2.43. The van der Waals surface area contributed by atoms with Gasteiger partial charge in [-0.05, 0) is 58.7 Å². The lowest BCUT2D eigenvalue weighted by atomic mass is 10.1. The molecule has 0 radical (unpaired) electrons. The average molecular weight is 565 g/mol. The number of anilines is 1. The molecule has 0 saturated heterocycles. The predicted octanol–water partition coefficient (Wildman–Crippen LogP) is 4.79. The van der Waals surface area contributed by atoms with E-state index in [0.717, 1.165) is 5.56 Å². The molecule has 0 spiro atoms. The van der Waals surface area contributed by atoms with Crippen LogP contribution in [-0.4, -0.2) is 31.7 Å². The number of carbonyl (C=O) groups is 2. The molecule has 0 aliphatic carbocycles. The maximum absolute atomic E-state index is 12.1. The molecule has 3 rings (SSSR count). The van der Waals surface area contributed by atoms with Gasteiger partial charge >= 0.3 is 0 Å². The lowest BCUT2D eigenvalue weighted by Crippen LogP contribution is -2.24. The zero-order valence-corrected chi connectivity index (χ0v) is 21.9. The van der Waals surface area contributed by atoms with Crippen LogP contribution >= 0.6 is 15.9 Å². The summed E-state index contributed by atoms with van der Waals surface area (Å²) in [7, 11) is 1.53. The van der Waals surface area contributed by atoms with Crippen LogP contribution < -0.4 is 25.0 Å². The van der Waals surface area contributed by atoms with E-state index in [0.29, 0.717) is 45.1 Å². The molecule has 0 aliphatic heterocycles. The summed E-state index contributed by atoms with van der Waals surface area (Å²) in [6, 6.07) is 19.6. The predicted molar refractivity (Wildman–Crippen MR) is 143 cm³/mol. The number of amides is 2. The molecule has 10 heteroatoms. The lowest BCUT2D eigenvalue weighted by molar-refractivity contribution is -0.126. The molecule has 9 nitrogen and oxygen atoms in total. The largest absolute Gasteiger partial charge is 0.497 e. The number of methoxy groups -OCH3 is 1. The molecule has 0 bridgehead atoms. The van der Waals surface area contributed by atoms with Gasteiger partial charge in [0.1, 0.15) is 18.8 Å². The summed E-state index contributed by atoms with van der Waals surface area (Å²) in [4.78, 5) is 24.3. The number of carbonyl (C=O) groups excluding carboxylic acids is 2. The first-order valence-corrected chi connectivity index (χ1v) is 12.1. The number of ether oxygens (including phenoxy) is 3. The van der Waals surface area contributed by atoms with E-state index in [2.05, 4.69) is 37.8 Å². The Morgan fingerprint density at radius 2 is 1.89 bits per heavy atom. The molecule has 2 amide bonds. The van der Waals surface area contributed by atoms with E-state index >= 15 is 0 Å². The number of nitriles is 1. The highest BCUT2D eigenvalue weighted by Crippen LogP contribution is 2.37. The number of hydrogen-bond acceptors (Lipinski definition) is 7. The lowest BCUT2D eigenvalue weighted by Gasteiger charge is -2.15. The van der Waals surface area contributed by atoms with Gasteiger partial charge in [0.05, 0.1) is 36.0 Å². The van der Waals surface area contributed by atoms with Crippen LogP contribution in [0.15, 0.2) is 70.2 Å². The SMILES string of the molecule is CCOc1cc(C=NNC(=O)CC(=O)Nc2cccc(OC)c2)cc(Br)c1OCc1ccccc1C#N. The molecular formula is C27H25BrN4O5. The Hall–Kier alpha value is -4.36. The van der Waals surface area contributed by atoms with Crippen LogP contribution in [0.1, 0.15) is 30.0 Å². The number of halogens is 1. The van der Waals surface area contributed by atoms with Crippen molar-refractivity contribution in [2.75, 3.05) is 19.0 Å². The summed E-state index contributed by atoms with van der Waals surface area (Å²) >= 11 is 3.49. The number of benzene rings is 3. The molecule has 190 valence electrons. The topological polar surface area (TPSA) is 122 Å². The van der Waals surface area contributed by atoms with Crippen molar-refractivity contribution in [3.63, 3.8) is 0 Å². The Morgan fingerprint density at radius 3 is 2.65 bits per heavy atom. The third-order valence-electron chi connectivity index (χ3n) is 4.92. The van der Waals surface area contributed by atoms with E-state index in [1.165, 1.54) is 13.3 Å². The quantitative estimate of drug-likeness (QED) is 0.196. The Balaban J connectivity index is 1.61. The third-order valence-corrected chi connectivity index (χ3v) is 5.51. The highest BCUT2D eigenvalue weighted by Gasteiger charge is 2.14. The Bertz CT molecular complexity index is 1340. The third kappa shape index (κ3) is 8.08. The Morgan fingerprint density at radius 1 is 1.08 bits per heavy atom. The minimum absolute atomic E-state index is 0.184. The van der Waals surface area contributed by atoms with Crippen LogP contribution in [0.5, 0.6) is 17.2 Å². The zero-order chi connectivity index (χ0) is 26.6. The first-order chi connectivity index (χ1) is 17.9. The van der Waals surface area contributed by atoms with Crippen molar-refractivity contribution >= 4 is 39.6 Å². The molecule has 0 aromatic heterocycles. The summed E-state index contributed by atoms with van der Waals surface area (Å²) in [5.41, 5.74) is 4.78. The van der Waals surface area contributed by atoms with Crippen molar-refractivity contribution in [1.29, 1.82) is 5.26 Å². The average Bonchev–Trinajstić information content (AvgIpc) is 2.88. The number of rotatable bonds is 11. The molecule has 37 heavy (non-hydrogen) atoms. The van der Waals surface area contributed by atoms with Crippen molar-refractivity contribution in [3.8, 4) is 23.3 Å². The highest BCUT2D eigenvalue weighted by molar-refractivity contribution is 9.10. The fourth-order valence-electron chi connectivity index (χ4n) is 3.24. The zero-order valence-electron chi connectivity index (χ0n) is 20.3. The second kappa shape index (κ2) is 13.7. The van der Waals surface area contributed by atoms with Gasteiger partial charge in [-0.3, -0.25) is 9.59 Å². The van der Waals surface area contributed by atoms with Gasteiger partial charge in [0.15, 0.2) is 11.5 Å². The molecule has 0 fully saturated rings. The summed E-state index contributed by atoms with van der Waals surface area (Å²) < 4.78 is 17.4. The first kappa shape index (κ1) is 27.2. The van der Waals surface area contributed by atoms with Crippen molar-refractivity contribution in [2.24, 2.45) is 5.10 Å². The standard InChI is InChI=1S/C27H25BrN4O5/c1-3-36-24-12-18(11-23(28)27(24)37-17-20-8-5-4-7-19(20)15-29)16-30-32-26(34)14-25(33)31-21-9-6-10-22(13-21)35-2/h4-13,16H,3,14,17H2,1-2H3,(H,31,33)(H,32,34). The van der Waals surface area contributed by atoms with Gasteiger partial charge in [0.2, 0.25) is 11.8 Å². The summed E-state index contributed by atoms with van der Waals surface area (Å²) in [5.74, 6) is 0.480. The van der Waals surface area contributed by atoms with Crippen molar-refractivity contribution in [2.45, 2.75) is 20.0 Å². The van der Waals surface area contributed by atoms with E-state index in [1.807, 2.05) is 19.1 Å². The molecule has 0 aliphatic rings. The van der Waals surface area contributed by atoms with Gasteiger partial charge in [-0.25, -0.2) is 5.43 Å². The second-order valence-electron chi connectivity index (χ2n) is 7.57. The maximum Gasteiger partial charge on any atom is 0.249 e. The minimum atomic E-state index is -0.572. The highest BCUT2D eigenvalue weighted by atomic mass is 79.9. The molecule has 0 saturated carbocycles. The molecule has 0 heterocycles. The smallest absolute Gasteiger partial charge is 0.249 e. The monoisotopic (exact) mass is 564 g/mol. The second-order valence-corrected chi connectivity index (χ2v) is 8.43. The Kier molecular flexibility index (Phi) is 10.0. The van der Waals surface area contributed by atoms with Crippen LogP contribution in [-0.2, 0) is 16.2 Å². The van der Waals surface area contributed by atoms with E-state index < -0.39 is 18.2 Å². The number of hydrogen-bond donors (Lipinski definition) is 2. The molecule has 3 aromatic carbocycles. The van der Waals surface area contributed by atoms with Crippen LogP contribution in [0, 0.1) is 11.3 Å². The first-order valence-electron chi connectivity index (χ1n) is 11.3. The minimum Gasteiger partial charge on any atom is -0.497 e. The Labute approximate surface area is 223 Å². The van der Waals surface area contributed by atoms with Crippen LogP contribution in [0.3, 0.4) is 0 Å². The van der Waals surface area contributed by atoms with Crippen LogP contribution in [0.25, 0.3) is 0 Å². The molecule has 3 aromatic rings. The molecular weight excluding hydrogens is 540 g/mol. The van der Waals surface area contributed by atoms with Gasteiger partial charge in [-0.1, -0.05) is 24.3 Å². The van der Waals surface area contributed by atoms with E-state index in [-0.39, 0.29) is 6.61 Å². The van der Waals surface area contributed by atoms with Crippen LogP contribution in [0.4, 0.5) is 5.69 Å². The van der Waals surface area contributed by atoms with Gasteiger partial charge in [-0.15, -0.1) is 0 Å². The van der Waals surface area contributed by atoms with E-state index in [4.69, 9.17) is 14.2 Å². The molecule has 0 unspecified atom stereocenters. The number of hydrazone groups is 1. The number of nitrogens with one attached hydrogen (secondary N) is 2. The van der Waals surface area contributed by atoms with Crippen molar-refractivity contribution in [3.05, 3.63) is 81.8 Å². The molecule has 0 atom stereocenters. The van der Waals surface area contributed by atoms with Crippen molar-refractivity contribution in [1.82, 2.24) is 5.43 Å².